The summed E-state index contributed by atoms with van der Waals surface area (Å²) in [5.41, 5.74) is 0.299. The maximum absolute atomic E-state index is 12.4. The molecule has 0 saturated carbocycles. The number of hydrogen-bond acceptors (Lipinski definition) is 6. The summed E-state index contributed by atoms with van der Waals surface area (Å²) in [4.78, 5) is 33.0. The van der Waals surface area contributed by atoms with Gasteiger partial charge in [-0.25, -0.2) is 19.3 Å². The second-order valence-corrected chi connectivity index (χ2v) is 8.85. The first-order valence-corrected chi connectivity index (χ1v) is 9.50. The Morgan fingerprint density at radius 3 is 1.30 bits per heavy atom. The van der Waals surface area contributed by atoms with Crippen LogP contribution >= 0.6 is 0 Å². The van der Waals surface area contributed by atoms with Gasteiger partial charge in [0.05, 0.1) is 11.1 Å². The number of amides is 2. The van der Waals surface area contributed by atoms with Crippen molar-refractivity contribution in [2.24, 2.45) is 0 Å². The van der Waals surface area contributed by atoms with Gasteiger partial charge in [0.15, 0.2) is 0 Å². The van der Waals surface area contributed by atoms with Gasteiger partial charge in [-0.3, -0.25) is 20.2 Å². The van der Waals surface area contributed by atoms with Gasteiger partial charge >= 0.3 is 0 Å². The summed E-state index contributed by atoms with van der Waals surface area (Å²) in [5, 5.41) is 13.8. The molecule has 0 radical (unpaired) electrons. The van der Waals surface area contributed by atoms with Crippen molar-refractivity contribution in [1.29, 1.82) is 0 Å². The Labute approximate surface area is 174 Å². The van der Waals surface area contributed by atoms with Gasteiger partial charge in [-0.05, 0) is 65.8 Å². The van der Waals surface area contributed by atoms with Crippen LogP contribution in [0.25, 0.3) is 0 Å². The average Bonchev–Trinajstić information content (AvgIpc) is 3.31. The molecule has 0 spiro atoms. The maximum Gasteiger partial charge on any atom is 0.258 e. The van der Waals surface area contributed by atoms with Crippen LogP contribution in [0.4, 0.5) is 11.9 Å². The van der Waals surface area contributed by atoms with E-state index in [1.807, 2.05) is 41.5 Å². The monoisotopic (exact) mass is 410 g/mol. The Morgan fingerprint density at radius 1 is 0.700 bits per heavy atom. The molecule has 158 valence electrons. The Kier molecular flexibility index (Phi) is 5.43. The molecule has 0 bridgehead atoms. The Balaban J connectivity index is 1.64. The molecule has 2 amide bonds. The normalized spacial score (nSPS) is 11.9. The molecule has 0 atom stereocenters. The van der Waals surface area contributed by atoms with Crippen molar-refractivity contribution in [2.45, 2.75) is 52.6 Å². The van der Waals surface area contributed by atoms with Crippen molar-refractivity contribution in [3.05, 3.63) is 48.0 Å². The minimum Gasteiger partial charge on any atom is -0.289 e. The number of benzene rings is 1. The number of carbonyl (C=O) groups is 2. The summed E-state index contributed by atoms with van der Waals surface area (Å²) in [6.07, 6.45) is 3.14. The molecule has 0 aliphatic rings. The fraction of sp³-hybridized carbons (Fsp3) is 0.400. The minimum atomic E-state index is -0.362. The van der Waals surface area contributed by atoms with Crippen molar-refractivity contribution >= 4 is 23.7 Å². The number of aromatic nitrogens is 6. The molecule has 3 rings (SSSR count). The summed E-state index contributed by atoms with van der Waals surface area (Å²) in [7, 11) is 0. The van der Waals surface area contributed by atoms with Crippen LogP contribution in [0.2, 0.25) is 0 Å². The standard InChI is InChI=1S/C20H26N8O2/c1-19(2,3)27-11-21-17(25-27)23-15(29)13-7-9-14(10-8-13)16(30)24-18-22-12-28(26-18)20(4,5)6/h7-12H,1-6H3,(H,23,25,29)(H,24,26,30). The highest BCUT2D eigenvalue weighted by molar-refractivity contribution is 6.06. The number of carbonyl (C=O) groups excluding carboxylic acids is 2. The summed E-state index contributed by atoms with van der Waals surface area (Å²) >= 11 is 0. The van der Waals surface area contributed by atoms with Crippen LogP contribution in [-0.4, -0.2) is 41.3 Å². The first-order valence-electron chi connectivity index (χ1n) is 9.50. The van der Waals surface area contributed by atoms with Crippen LogP contribution in [0.15, 0.2) is 36.9 Å². The van der Waals surface area contributed by atoms with Gasteiger partial charge in [-0.15, -0.1) is 10.2 Å². The van der Waals surface area contributed by atoms with Crippen LogP contribution < -0.4 is 10.6 Å². The molecule has 10 heteroatoms. The van der Waals surface area contributed by atoms with E-state index < -0.39 is 0 Å². The van der Waals surface area contributed by atoms with E-state index in [2.05, 4.69) is 30.8 Å². The molecular weight excluding hydrogens is 384 g/mol. The molecule has 2 heterocycles. The summed E-state index contributed by atoms with van der Waals surface area (Å²) in [6.45, 7) is 11.9. The second-order valence-electron chi connectivity index (χ2n) is 8.85. The molecule has 2 aromatic heterocycles. The lowest BCUT2D eigenvalue weighted by Gasteiger charge is -2.17. The van der Waals surface area contributed by atoms with Crippen molar-refractivity contribution in [3.63, 3.8) is 0 Å². The lowest BCUT2D eigenvalue weighted by atomic mass is 10.1. The quantitative estimate of drug-likeness (QED) is 0.682. The smallest absolute Gasteiger partial charge is 0.258 e. The Morgan fingerprint density at radius 2 is 1.03 bits per heavy atom. The van der Waals surface area contributed by atoms with Crippen LogP contribution in [0.1, 0.15) is 62.3 Å². The van der Waals surface area contributed by atoms with E-state index in [0.717, 1.165) is 0 Å². The summed E-state index contributed by atoms with van der Waals surface area (Å²) in [6, 6.07) is 6.25. The van der Waals surface area contributed by atoms with Gasteiger partial charge in [-0.2, -0.15) is 0 Å². The molecule has 0 aliphatic carbocycles. The van der Waals surface area contributed by atoms with Crippen LogP contribution in [0.5, 0.6) is 0 Å². The number of nitrogens with one attached hydrogen (secondary N) is 2. The predicted molar refractivity (Wildman–Crippen MR) is 112 cm³/mol. The third kappa shape index (κ3) is 4.88. The van der Waals surface area contributed by atoms with Gasteiger partial charge in [0.2, 0.25) is 11.9 Å². The fourth-order valence-corrected chi connectivity index (χ4v) is 2.41. The van der Waals surface area contributed by atoms with E-state index in [9.17, 15) is 9.59 Å². The first kappa shape index (κ1) is 21.2. The average molecular weight is 410 g/mol. The van der Waals surface area contributed by atoms with Gasteiger partial charge in [-0.1, -0.05) is 0 Å². The number of rotatable bonds is 4. The predicted octanol–water partition coefficient (Wildman–Crippen LogP) is 2.88. The summed E-state index contributed by atoms with van der Waals surface area (Å²) in [5.74, 6) is -0.284. The molecule has 3 aromatic rings. The first-order chi connectivity index (χ1) is 13.9. The zero-order chi connectivity index (χ0) is 22.1. The molecule has 10 nitrogen and oxygen atoms in total. The Hall–Kier alpha value is -3.56. The molecule has 0 saturated heterocycles. The van der Waals surface area contributed by atoms with Gasteiger partial charge in [0.25, 0.3) is 11.8 Å². The minimum absolute atomic E-state index is 0.220. The van der Waals surface area contributed by atoms with Crippen molar-refractivity contribution < 1.29 is 9.59 Å². The van der Waals surface area contributed by atoms with Crippen LogP contribution in [-0.2, 0) is 11.1 Å². The van der Waals surface area contributed by atoms with Crippen LogP contribution in [0.3, 0.4) is 0 Å². The Bertz CT molecular complexity index is 966. The number of anilines is 2. The van der Waals surface area contributed by atoms with Gasteiger partial charge in [0.1, 0.15) is 12.7 Å². The molecular formula is C20H26N8O2. The van der Waals surface area contributed by atoms with Crippen molar-refractivity contribution in [3.8, 4) is 0 Å². The lowest BCUT2D eigenvalue weighted by Crippen LogP contribution is -2.23. The largest absolute Gasteiger partial charge is 0.289 e. The third-order valence-electron chi connectivity index (χ3n) is 4.22. The molecule has 0 fully saturated rings. The van der Waals surface area contributed by atoms with Gasteiger partial charge in [0, 0.05) is 11.1 Å². The lowest BCUT2D eigenvalue weighted by molar-refractivity contribution is 0.101. The van der Waals surface area contributed by atoms with Crippen molar-refractivity contribution in [1.82, 2.24) is 29.5 Å². The molecule has 0 unspecified atom stereocenters. The maximum atomic E-state index is 12.4. The van der Waals surface area contributed by atoms with E-state index in [1.54, 1.807) is 46.3 Å². The highest BCUT2D eigenvalue weighted by atomic mass is 16.2. The molecule has 0 aliphatic heterocycles. The summed E-state index contributed by atoms with van der Waals surface area (Å²) < 4.78 is 3.34. The number of hydrogen-bond donors (Lipinski definition) is 2. The van der Waals surface area contributed by atoms with Crippen LogP contribution in [0, 0.1) is 0 Å². The van der Waals surface area contributed by atoms with E-state index in [-0.39, 0.29) is 34.8 Å². The molecule has 1 aromatic carbocycles. The van der Waals surface area contributed by atoms with E-state index in [0.29, 0.717) is 11.1 Å². The van der Waals surface area contributed by atoms with Gasteiger partial charge < -0.3 is 0 Å². The number of nitrogens with zero attached hydrogens (tertiary/aromatic N) is 6. The van der Waals surface area contributed by atoms with E-state index in [4.69, 9.17) is 0 Å². The highest BCUT2D eigenvalue weighted by Crippen LogP contribution is 2.15. The third-order valence-corrected chi connectivity index (χ3v) is 4.22. The fourth-order valence-electron chi connectivity index (χ4n) is 2.41. The highest BCUT2D eigenvalue weighted by Gasteiger charge is 2.18. The van der Waals surface area contributed by atoms with Crippen molar-refractivity contribution in [2.75, 3.05) is 10.6 Å². The van der Waals surface area contributed by atoms with E-state index in [1.165, 1.54) is 0 Å². The van der Waals surface area contributed by atoms with E-state index >= 15 is 0 Å². The SMILES string of the molecule is CC(C)(C)n1cnc(NC(=O)c2ccc(C(=O)Nc3ncn(C(C)(C)C)n3)cc2)n1. The molecule has 30 heavy (non-hydrogen) atoms. The molecule has 2 N–H and O–H groups in total. The topological polar surface area (TPSA) is 120 Å². The zero-order valence-electron chi connectivity index (χ0n) is 18.0. The second kappa shape index (κ2) is 7.69. The zero-order valence-corrected chi connectivity index (χ0v) is 18.0.